The highest BCUT2D eigenvalue weighted by Crippen LogP contribution is 2.29. The number of carbonyl (C=O) groups is 1. The van der Waals surface area contributed by atoms with E-state index in [1.165, 1.54) is 12.1 Å². The monoisotopic (exact) mass is 488 g/mol. The molecule has 1 aliphatic heterocycles. The van der Waals surface area contributed by atoms with E-state index in [2.05, 4.69) is 14.8 Å². The van der Waals surface area contributed by atoms with Gasteiger partial charge in [0, 0.05) is 67.5 Å². The minimum absolute atomic E-state index is 0.0641. The summed E-state index contributed by atoms with van der Waals surface area (Å²) in [6.07, 6.45) is 4.03. The largest absolute Gasteiger partial charge is 0.399 e. The Balaban J connectivity index is 1.34. The van der Waals surface area contributed by atoms with Crippen LogP contribution in [0.3, 0.4) is 0 Å². The van der Waals surface area contributed by atoms with Gasteiger partial charge in [0.15, 0.2) is 0 Å². The Morgan fingerprint density at radius 1 is 0.972 bits per heavy atom. The first-order valence-corrected chi connectivity index (χ1v) is 12.7. The maximum absolute atomic E-state index is 13.8. The molecule has 2 aliphatic rings. The van der Waals surface area contributed by atoms with E-state index in [1.807, 2.05) is 24.0 Å². The first-order chi connectivity index (χ1) is 17.5. The molecule has 0 saturated carbocycles. The van der Waals surface area contributed by atoms with Crippen LogP contribution in [-0.4, -0.2) is 60.0 Å². The highest BCUT2D eigenvalue weighted by atomic mass is 19.1. The van der Waals surface area contributed by atoms with Gasteiger partial charge in [-0.05, 0) is 81.1 Å². The Kier molecular flexibility index (Phi) is 7.13. The summed E-state index contributed by atoms with van der Waals surface area (Å²) in [6, 6.07) is 13.8. The Labute approximate surface area is 211 Å². The first kappa shape index (κ1) is 24.2. The lowest BCUT2D eigenvalue weighted by Crippen LogP contribution is -2.49. The number of rotatable bonds is 6. The Morgan fingerprint density at radius 3 is 2.39 bits per heavy atom. The second kappa shape index (κ2) is 10.6. The van der Waals surface area contributed by atoms with Crippen molar-refractivity contribution in [3.05, 3.63) is 77.0 Å². The molecule has 2 aromatic carbocycles. The number of nitrogens with zero attached hydrogens (tertiary/aromatic N) is 5. The van der Waals surface area contributed by atoms with Crippen LogP contribution < -0.4 is 15.5 Å². The summed E-state index contributed by atoms with van der Waals surface area (Å²) in [5.74, 6) is 1.17. The Hall–Kier alpha value is -3.52. The standard InChI is InChI=1S/C28H33FN6O/c1-20-31-26-5-3-2-4-25(26)27(32-20)35(28(36)21-6-10-23(30)11-7-21)19-16-33-14-17-34(18-15-33)24-12-8-22(29)9-13-24/h6-13H,2-5,14-19,30H2,1H3. The number of carbonyl (C=O) groups excluding carboxylic acids is 1. The Bertz CT molecular complexity index is 1210. The molecule has 1 aromatic heterocycles. The summed E-state index contributed by atoms with van der Waals surface area (Å²) in [5.41, 5.74) is 10.3. The summed E-state index contributed by atoms with van der Waals surface area (Å²) in [7, 11) is 0. The van der Waals surface area contributed by atoms with E-state index in [-0.39, 0.29) is 11.7 Å². The molecule has 8 heteroatoms. The zero-order chi connectivity index (χ0) is 25.1. The number of aryl methyl sites for hydroxylation is 2. The van der Waals surface area contributed by atoms with Crippen LogP contribution in [0.1, 0.15) is 40.3 Å². The summed E-state index contributed by atoms with van der Waals surface area (Å²) in [4.78, 5) is 29.7. The number of hydrogen-bond acceptors (Lipinski definition) is 6. The fraction of sp³-hybridized carbons (Fsp3) is 0.393. The molecule has 7 nitrogen and oxygen atoms in total. The molecule has 2 heterocycles. The van der Waals surface area contributed by atoms with Gasteiger partial charge in [-0.2, -0.15) is 0 Å². The van der Waals surface area contributed by atoms with Crippen LogP contribution in [0.2, 0.25) is 0 Å². The highest BCUT2D eigenvalue weighted by Gasteiger charge is 2.27. The van der Waals surface area contributed by atoms with Gasteiger partial charge in [0.05, 0.1) is 0 Å². The van der Waals surface area contributed by atoms with Gasteiger partial charge in [-0.15, -0.1) is 0 Å². The van der Waals surface area contributed by atoms with Crippen LogP contribution >= 0.6 is 0 Å². The predicted octanol–water partition coefficient (Wildman–Crippen LogP) is 3.85. The van der Waals surface area contributed by atoms with E-state index in [0.717, 1.165) is 81.2 Å². The molecule has 1 fully saturated rings. The van der Waals surface area contributed by atoms with Gasteiger partial charge in [-0.1, -0.05) is 0 Å². The topological polar surface area (TPSA) is 78.6 Å². The van der Waals surface area contributed by atoms with Gasteiger partial charge in [-0.25, -0.2) is 14.4 Å². The molecule has 2 N–H and O–H groups in total. The molecular weight excluding hydrogens is 455 g/mol. The van der Waals surface area contributed by atoms with Gasteiger partial charge < -0.3 is 10.6 Å². The van der Waals surface area contributed by atoms with Crippen molar-refractivity contribution in [1.82, 2.24) is 14.9 Å². The molecule has 1 amide bonds. The van der Waals surface area contributed by atoms with Crippen molar-refractivity contribution >= 4 is 23.1 Å². The number of hydrogen-bond donors (Lipinski definition) is 1. The molecule has 0 radical (unpaired) electrons. The van der Waals surface area contributed by atoms with Crippen LogP contribution in [0, 0.1) is 12.7 Å². The lowest BCUT2D eigenvalue weighted by atomic mass is 9.95. The van der Waals surface area contributed by atoms with Gasteiger partial charge in [-0.3, -0.25) is 14.6 Å². The second-order valence-electron chi connectivity index (χ2n) is 9.61. The number of anilines is 3. The average Bonchev–Trinajstić information content (AvgIpc) is 2.90. The van der Waals surface area contributed by atoms with Crippen molar-refractivity contribution < 1.29 is 9.18 Å². The van der Waals surface area contributed by atoms with E-state index in [0.29, 0.717) is 23.6 Å². The number of fused-ring (bicyclic) bond motifs is 1. The van der Waals surface area contributed by atoms with Crippen LogP contribution in [0.4, 0.5) is 21.6 Å². The molecule has 1 aliphatic carbocycles. The summed E-state index contributed by atoms with van der Waals surface area (Å²) in [6.45, 7) is 6.67. The predicted molar refractivity (Wildman–Crippen MR) is 141 cm³/mol. The van der Waals surface area contributed by atoms with Crippen LogP contribution in [0.5, 0.6) is 0 Å². The van der Waals surface area contributed by atoms with Crippen molar-refractivity contribution in [3.8, 4) is 0 Å². The zero-order valence-electron chi connectivity index (χ0n) is 20.8. The fourth-order valence-electron chi connectivity index (χ4n) is 5.13. The molecular formula is C28H33FN6O. The first-order valence-electron chi connectivity index (χ1n) is 12.7. The van der Waals surface area contributed by atoms with E-state index < -0.39 is 0 Å². The molecule has 36 heavy (non-hydrogen) atoms. The van der Waals surface area contributed by atoms with Gasteiger partial charge in [0.1, 0.15) is 17.5 Å². The SMILES string of the molecule is Cc1nc2c(c(N(CCN3CCN(c4ccc(F)cc4)CC3)C(=O)c3ccc(N)cc3)n1)CCCC2. The summed E-state index contributed by atoms with van der Waals surface area (Å²) >= 11 is 0. The van der Waals surface area contributed by atoms with Gasteiger partial charge in [0.25, 0.3) is 5.91 Å². The highest BCUT2D eigenvalue weighted by molar-refractivity contribution is 6.06. The normalized spacial score (nSPS) is 16.0. The van der Waals surface area contributed by atoms with Crippen LogP contribution in [-0.2, 0) is 12.8 Å². The minimum Gasteiger partial charge on any atom is -0.399 e. The molecule has 5 rings (SSSR count). The maximum atomic E-state index is 13.8. The van der Waals surface area contributed by atoms with Crippen LogP contribution in [0.15, 0.2) is 48.5 Å². The van der Waals surface area contributed by atoms with E-state index in [4.69, 9.17) is 10.7 Å². The van der Waals surface area contributed by atoms with E-state index in [9.17, 15) is 9.18 Å². The molecule has 0 atom stereocenters. The maximum Gasteiger partial charge on any atom is 0.259 e. The second-order valence-corrected chi connectivity index (χ2v) is 9.61. The number of nitrogen functional groups attached to an aromatic ring is 1. The quantitative estimate of drug-likeness (QED) is 0.531. The lowest BCUT2D eigenvalue weighted by molar-refractivity contribution is 0.0982. The lowest BCUT2D eigenvalue weighted by Gasteiger charge is -2.37. The van der Waals surface area contributed by atoms with Crippen molar-refractivity contribution in [2.45, 2.75) is 32.6 Å². The summed E-state index contributed by atoms with van der Waals surface area (Å²) in [5, 5.41) is 0. The third-order valence-corrected chi connectivity index (χ3v) is 7.14. The molecule has 188 valence electrons. The fourth-order valence-corrected chi connectivity index (χ4v) is 5.13. The third kappa shape index (κ3) is 5.33. The van der Waals surface area contributed by atoms with Crippen molar-refractivity contribution in [2.24, 2.45) is 0 Å². The molecule has 0 spiro atoms. The van der Waals surface area contributed by atoms with Crippen molar-refractivity contribution in [1.29, 1.82) is 0 Å². The van der Waals surface area contributed by atoms with Crippen molar-refractivity contribution in [2.75, 3.05) is 54.8 Å². The molecule has 3 aromatic rings. The number of aromatic nitrogens is 2. The van der Waals surface area contributed by atoms with Gasteiger partial charge >= 0.3 is 0 Å². The number of nitrogens with two attached hydrogens (primary N) is 1. The number of piperazine rings is 1. The number of amides is 1. The average molecular weight is 489 g/mol. The Morgan fingerprint density at radius 2 is 1.67 bits per heavy atom. The molecule has 1 saturated heterocycles. The minimum atomic E-state index is -0.217. The van der Waals surface area contributed by atoms with E-state index >= 15 is 0 Å². The smallest absolute Gasteiger partial charge is 0.259 e. The van der Waals surface area contributed by atoms with Crippen LogP contribution in [0.25, 0.3) is 0 Å². The van der Waals surface area contributed by atoms with E-state index in [1.54, 1.807) is 24.3 Å². The number of benzene rings is 2. The third-order valence-electron chi connectivity index (χ3n) is 7.14. The molecule has 0 bridgehead atoms. The van der Waals surface area contributed by atoms with Gasteiger partial charge in [0.2, 0.25) is 0 Å². The number of halogens is 1. The molecule has 0 unspecified atom stereocenters. The van der Waals surface area contributed by atoms with Crippen molar-refractivity contribution in [3.63, 3.8) is 0 Å². The summed E-state index contributed by atoms with van der Waals surface area (Å²) < 4.78 is 13.3. The zero-order valence-corrected chi connectivity index (χ0v) is 20.8.